The number of hydrogen-bond acceptors (Lipinski definition) is 3. The van der Waals surface area contributed by atoms with Gasteiger partial charge in [-0.2, -0.15) is 0 Å². The van der Waals surface area contributed by atoms with Gasteiger partial charge in [-0.3, -0.25) is 0 Å². The van der Waals surface area contributed by atoms with Crippen molar-refractivity contribution in [2.75, 3.05) is 19.7 Å². The van der Waals surface area contributed by atoms with Gasteiger partial charge in [0.15, 0.2) is 0 Å². The first-order chi connectivity index (χ1) is 8.57. The van der Waals surface area contributed by atoms with Crippen LogP contribution in [0.1, 0.15) is 39.5 Å². The third kappa shape index (κ3) is 9.69. The molecule has 0 radical (unpaired) electrons. The van der Waals surface area contributed by atoms with Crippen molar-refractivity contribution in [2.45, 2.75) is 39.5 Å². The van der Waals surface area contributed by atoms with Crippen molar-refractivity contribution in [3.8, 4) is 0 Å². The summed E-state index contributed by atoms with van der Waals surface area (Å²) in [6, 6.07) is -0.224. The average molecular weight is 256 g/mol. The van der Waals surface area contributed by atoms with Crippen molar-refractivity contribution in [2.24, 2.45) is 0 Å². The highest BCUT2D eigenvalue weighted by Crippen LogP contribution is 1.96. The Morgan fingerprint density at radius 1 is 1.11 bits per heavy atom. The standard InChI is InChI=1S/C13H24N2O3/c1-4-5-6-7-8-14-13(17)15-9-10-18-12(16)11(2)3/h2,4-10H2,1,3H3,(H2,14,15,17). The van der Waals surface area contributed by atoms with Crippen LogP contribution in [-0.4, -0.2) is 31.7 Å². The molecule has 0 heterocycles. The number of carbonyl (C=O) groups is 2. The van der Waals surface area contributed by atoms with Gasteiger partial charge in [0, 0.05) is 12.1 Å². The second-order valence-electron chi connectivity index (χ2n) is 4.16. The molecule has 0 aromatic heterocycles. The van der Waals surface area contributed by atoms with E-state index in [-0.39, 0.29) is 12.6 Å². The van der Waals surface area contributed by atoms with Crippen molar-refractivity contribution in [1.29, 1.82) is 0 Å². The average Bonchev–Trinajstić information content (AvgIpc) is 2.34. The van der Waals surface area contributed by atoms with Crippen molar-refractivity contribution >= 4 is 12.0 Å². The van der Waals surface area contributed by atoms with Crippen molar-refractivity contribution in [1.82, 2.24) is 10.6 Å². The fraction of sp³-hybridized carbons (Fsp3) is 0.692. The van der Waals surface area contributed by atoms with E-state index in [9.17, 15) is 9.59 Å². The summed E-state index contributed by atoms with van der Waals surface area (Å²) < 4.78 is 4.83. The van der Waals surface area contributed by atoms with E-state index in [0.717, 1.165) is 12.8 Å². The molecule has 0 aliphatic rings. The topological polar surface area (TPSA) is 67.4 Å². The molecule has 0 aromatic rings. The number of nitrogens with one attached hydrogen (secondary N) is 2. The Morgan fingerprint density at radius 2 is 1.78 bits per heavy atom. The molecule has 0 aliphatic heterocycles. The first kappa shape index (κ1) is 16.5. The van der Waals surface area contributed by atoms with Crippen LogP contribution in [0.25, 0.3) is 0 Å². The molecule has 0 saturated carbocycles. The summed E-state index contributed by atoms with van der Waals surface area (Å²) in [6.45, 7) is 8.33. The Balaban J connectivity index is 3.37. The summed E-state index contributed by atoms with van der Waals surface area (Å²) >= 11 is 0. The summed E-state index contributed by atoms with van der Waals surface area (Å²) in [6.07, 6.45) is 4.50. The van der Waals surface area contributed by atoms with E-state index in [1.54, 1.807) is 6.92 Å². The normalized spacial score (nSPS) is 9.67. The number of unbranched alkanes of at least 4 members (excludes halogenated alkanes) is 3. The first-order valence-electron chi connectivity index (χ1n) is 6.42. The van der Waals surface area contributed by atoms with E-state index >= 15 is 0 Å². The van der Waals surface area contributed by atoms with Crippen LogP contribution in [0.2, 0.25) is 0 Å². The number of hydrogen-bond donors (Lipinski definition) is 2. The minimum absolute atomic E-state index is 0.162. The zero-order valence-corrected chi connectivity index (χ0v) is 11.4. The Morgan fingerprint density at radius 3 is 2.39 bits per heavy atom. The summed E-state index contributed by atoms with van der Waals surface area (Å²) in [7, 11) is 0. The Bertz CT molecular complexity index is 277. The van der Waals surface area contributed by atoms with Crippen molar-refractivity contribution < 1.29 is 14.3 Å². The molecule has 104 valence electrons. The molecule has 18 heavy (non-hydrogen) atoms. The lowest BCUT2D eigenvalue weighted by atomic mass is 10.2. The second-order valence-corrected chi connectivity index (χ2v) is 4.16. The quantitative estimate of drug-likeness (QED) is 0.376. The molecule has 0 atom stereocenters. The molecule has 5 nitrogen and oxygen atoms in total. The first-order valence-corrected chi connectivity index (χ1v) is 6.42. The van der Waals surface area contributed by atoms with Crippen LogP contribution in [0, 0.1) is 0 Å². The highest BCUT2D eigenvalue weighted by Gasteiger charge is 2.03. The van der Waals surface area contributed by atoms with Crippen LogP contribution < -0.4 is 10.6 Å². The van der Waals surface area contributed by atoms with E-state index in [0.29, 0.717) is 18.7 Å². The van der Waals surface area contributed by atoms with Gasteiger partial charge in [0.25, 0.3) is 0 Å². The van der Waals surface area contributed by atoms with Gasteiger partial charge in [0.2, 0.25) is 0 Å². The van der Waals surface area contributed by atoms with Crippen LogP contribution in [0.15, 0.2) is 12.2 Å². The monoisotopic (exact) mass is 256 g/mol. The van der Waals surface area contributed by atoms with E-state index in [1.165, 1.54) is 12.8 Å². The molecule has 0 saturated heterocycles. The van der Waals surface area contributed by atoms with Crippen LogP contribution in [-0.2, 0) is 9.53 Å². The molecule has 0 unspecified atom stereocenters. The highest BCUT2D eigenvalue weighted by atomic mass is 16.5. The van der Waals surface area contributed by atoms with Gasteiger partial charge < -0.3 is 15.4 Å². The van der Waals surface area contributed by atoms with Crippen LogP contribution >= 0.6 is 0 Å². The molecule has 2 N–H and O–H groups in total. The molecule has 0 aliphatic carbocycles. The van der Waals surface area contributed by atoms with Gasteiger partial charge in [-0.05, 0) is 13.3 Å². The smallest absolute Gasteiger partial charge is 0.333 e. The molecular weight excluding hydrogens is 232 g/mol. The number of ether oxygens (including phenoxy) is 1. The number of carbonyl (C=O) groups excluding carboxylic acids is 2. The minimum Gasteiger partial charge on any atom is -0.460 e. The van der Waals surface area contributed by atoms with E-state index in [1.807, 2.05) is 0 Å². The number of esters is 1. The number of rotatable bonds is 9. The zero-order valence-electron chi connectivity index (χ0n) is 11.4. The predicted octanol–water partition coefficient (Wildman–Crippen LogP) is 1.99. The minimum atomic E-state index is -0.434. The summed E-state index contributed by atoms with van der Waals surface area (Å²) in [5.41, 5.74) is 0.357. The third-order valence-electron chi connectivity index (χ3n) is 2.29. The third-order valence-corrected chi connectivity index (χ3v) is 2.29. The maximum atomic E-state index is 11.3. The van der Waals surface area contributed by atoms with Gasteiger partial charge in [-0.15, -0.1) is 0 Å². The lowest BCUT2D eigenvalue weighted by Gasteiger charge is -2.08. The Kier molecular flexibility index (Phi) is 9.73. The highest BCUT2D eigenvalue weighted by molar-refractivity contribution is 5.86. The van der Waals surface area contributed by atoms with Gasteiger partial charge >= 0.3 is 12.0 Å². The summed E-state index contributed by atoms with van der Waals surface area (Å²) in [5, 5.41) is 5.36. The lowest BCUT2D eigenvalue weighted by molar-refractivity contribution is -0.138. The van der Waals surface area contributed by atoms with E-state index < -0.39 is 5.97 Å². The number of amides is 2. The molecule has 5 heteroatoms. The van der Waals surface area contributed by atoms with E-state index in [2.05, 4.69) is 24.1 Å². The molecule has 0 fully saturated rings. The van der Waals surface area contributed by atoms with Gasteiger partial charge in [0.05, 0.1) is 6.54 Å². The van der Waals surface area contributed by atoms with Gasteiger partial charge in [-0.25, -0.2) is 9.59 Å². The van der Waals surface area contributed by atoms with Gasteiger partial charge in [0.1, 0.15) is 6.61 Å². The maximum Gasteiger partial charge on any atom is 0.333 e. The fourth-order valence-corrected chi connectivity index (χ4v) is 1.25. The molecule has 0 rings (SSSR count). The fourth-order valence-electron chi connectivity index (χ4n) is 1.25. The maximum absolute atomic E-state index is 11.3. The molecule has 0 bridgehead atoms. The van der Waals surface area contributed by atoms with Crippen LogP contribution in [0.5, 0.6) is 0 Å². The molecule has 0 spiro atoms. The van der Waals surface area contributed by atoms with Gasteiger partial charge in [-0.1, -0.05) is 32.8 Å². The van der Waals surface area contributed by atoms with Crippen LogP contribution in [0.3, 0.4) is 0 Å². The summed E-state index contributed by atoms with van der Waals surface area (Å²) in [4.78, 5) is 22.3. The Labute approximate surface area is 109 Å². The lowest BCUT2D eigenvalue weighted by Crippen LogP contribution is -2.38. The summed E-state index contributed by atoms with van der Waals surface area (Å²) in [5.74, 6) is -0.434. The van der Waals surface area contributed by atoms with Crippen molar-refractivity contribution in [3.05, 3.63) is 12.2 Å². The second kappa shape index (κ2) is 10.6. The predicted molar refractivity (Wildman–Crippen MR) is 71.3 cm³/mol. The molecule has 0 aromatic carbocycles. The zero-order chi connectivity index (χ0) is 13.8. The van der Waals surface area contributed by atoms with E-state index in [4.69, 9.17) is 4.74 Å². The Hall–Kier alpha value is -1.52. The number of urea groups is 1. The molecular formula is C13H24N2O3. The van der Waals surface area contributed by atoms with Crippen molar-refractivity contribution in [3.63, 3.8) is 0 Å². The van der Waals surface area contributed by atoms with Crippen LogP contribution in [0.4, 0.5) is 4.79 Å². The molecule has 2 amide bonds. The SMILES string of the molecule is C=C(C)C(=O)OCCNC(=O)NCCCCCC. The largest absolute Gasteiger partial charge is 0.460 e.